The van der Waals surface area contributed by atoms with Crippen LogP contribution in [0.5, 0.6) is 5.75 Å². The van der Waals surface area contributed by atoms with Gasteiger partial charge in [-0.2, -0.15) is 0 Å². The first-order chi connectivity index (χ1) is 8.21. The van der Waals surface area contributed by atoms with E-state index in [9.17, 15) is 4.39 Å². The topological polar surface area (TPSA) is 71.7 Å². The highest BCUT2D eigenvalue weighted by atomic mass is 19.1. The molecule has 0 atom stereocenters. The predicted octanol–water partition coefficient (Wildman–Crippen LogP) is 1.48. The summed E-state index contributed by atoms with van der Waals surface area (Å²) >= 11 is 0. The zero-order valence-corrected chi connectivity index (χ0v) is 9.96. The number of rotatable bonds is 4. The molecule has 4 N–H and O–H groups in total. The van der Waals surface area contributed by atoms with Crippen LogP contribution in [0.25, 0.3) is 0 Å². The number of anilines is 1. The number of hydrogen-bond donors (Lipinski definition) is 3. The Bertz CT molecular complexity index is 395. The highest BCUT2D eigenvalue weighted by Crippen LogP contribution is 2.20. The zero-order chi connectivity index (χ0) is 12.7. The Morgan fingerprint density at radius 3 is 2.82 bits per heavy atom. The van der Waals surface area contributed by atoms with Crippen LogP contribution in [0.15, 0.2) is 23.2 Å². The van der Waals surface area contributed by atoms with Crippen LogP contribution in [0, 0.1) is 5.82 Å². The van der Waals surface area contributed by atoms with Crippen LogP contribution in [0.1, 0.15) is 13.3 Å². The SMILES string of the molecule is CCCN=C(NN)Nc1ccc(OC)c(F)c1. The number of nitrogens with two attached hydrogens (primary N) is 1. The maximum absolute atomic E-state index is 13.4. The van der Waals surface area contributed by atoms with Gasteiger partial charge in [0, 0.05) is 18.3 Å². The first-order valence-electron chi connectivity index (χ1n) is 5.33. The van der Waals surface area contributed by atoms with E-state index in [2.05, 4.69) is 15.7 Å². The Labute approximate surface area is 99.8 Å². The van der Waals surface area contributed by atoms with Gasteiger partial charge in [-0.3, -0.25) is 10.4 Å². The van der Waals surface area contributed by atoms with Crippen molar-refractivity contribution in [3.63, 3.8) is 0 Å². The molecule has 0 aliphatic rings. The normalized spacial score (nSPS) is 11.2. The zero-order valence-electron chi connectivity index (χ0n) is 9.96. The summed E-state index contributed by atoms with van der Waals surface area (Å²) in [7, 11) is 1.42. The van der Waals surface area contributed by atoms with Crippen LogP contribution in [0.4, 0.5) is 10.1 Å². The van der Waals surface area contributed by atoms with Gasteiger partial charge >= 0.3 is 0 Å². The average molecular weight is 240 g/mol. The lowest BCUT2D eigenvalue weighted by atomic mass is 10.3. The van der Waals surface area contributed by atoms with Crippen molar-refractivity contribution in [3.8, 4) is 5.75 Å². The van der Waals surface area contributed by atoms with Crippen molar-refractivity contribution < 1.29 is 9.13 Å². The van der Waals surface area contributed by atoms with E-state index in [0.29, 0.717) is 18.2 Å². The van der Waals surface area contributed by atoms with Crippen LogP contribution < -0.4 is 21.3 Å². The Morgan fingerprint density at radius 2 is 2.29 bits per heavy atom. The molecule has 0 bridgehead atoms. The summed E-state index contributed by atoms with van der Waals surface area (Å²) in [6, 6.07) is 4.53. The first-order valence-corrected chi connectivity index (χ1v) is 5.33. The molecule has 0 saturated carbocycles. The molecule has 94 valence electrons. The summed E-state index contributed by atoms with van der Waals surface area (Å²) in [4.78, 5) is 4.14. The second-order valence-electron chi connectivity index (χ2n) is 3.35. The third kappa shape index (κ3) is 3.92. The van der Waals surface area contributed by atoms with Gasteiger partial charge in [-0.1, -0.05) is 6.92 Å². The molecule has 1 aromatic rings. The average Bonchev–Trinajstić information content (AvgIpc) is 2.34. The van der Waals surface area contributed by atoms with E-state index in [4.69, 9.17) is 10.6 Å². The number of nitrogens with zero attached hydrogens (tertiary/aromatic N) is 1. The Hall–Kier alpha value is -1.82. The summed E-state index contributed by atoms with van der Waals surface area (Å²) in [6.45, 7) is 2.65. The molecular weight excluding hydrogens is 223 g/mol. The van der Waals surface area contributed by atoms with Gasteiger partial charge in [0.25, 0.3) is 0 Å². The lowest BCUT2D eigenvalue weighted by Crippen LogP contribution is -2.36. The van der Waals surface area contributed by atoms with Gasteiger partial charge in [0.1, 0.15) is 0 Å². The van der Waals surface area contributed by atoms with Gasteiger partial charge in [0.2, 0.25) is 5.96 Å². The molecule has 1 rings (SSSR count). The third-order valence-corrected chi connectivity index (χ3v) is 2.04. The molecule has 0 radical (unpaired) electrons. The summed E-state index contributed by atoms with van der Waals surface area (Å²) in [5, 5.41) is 2.87. The van der Waals surface area contributed by atoms with E-state index >= 15 is 0 Å². The molecule has 6 heteroatoms. The van der Waals surface area contributed by atoms with E-state index < -0.39 is 5.82 Å². The molecule has 0 fully saturated rings. The summed E-state index contributed by atoms with van der Waals surface area (Å²) in [5.74, 6) is 5.45. The number of hydrazine groups is 1. The third-order valence-electron chi connectivity index (χ3n) is 2.04. The molecule has 0 spiro atoms. The minimum atomic E-state index is -0.440. The number of benzene rings is 1. The van der Waals surface area contributed by atoms with Gasteiger partial charge in [0.05, 0.1) is 7.11 Å². The number of aliphatic imine (C=N–C) groups is 1. The fraction of sp³-hybridized carbons (Fsp3) is 0.364. The fourth-order valence-corrected chi connectivity index (χ4v) is 1.23. The number of methoxy groups -OCH3 is 1. The minimum Gasteiger partial charge on any atom is -0.494 e. The predicted molar refractivity (Wildman–Crippen MR) is 66.5 cm³/mol. The van der Waals surface area contributed by atoms with E-state index in [1.54, 1.807) is 6.07 Å². The largest absolute Gasteiger partial charge is 0.494 e. The van der Waals surface area contributed by atoms with E-state index in [1.165, 1.54) is 19.2 Å². The van der Waals surface area contributed by atoms with Crippen molar-refractivity contribution in [1.29, 1.82) is 0 Å². The molecule has 0 aliphatic heterocycles. The van der Waals surface area contributed by atoms with Crippen LogP contribution >= 0.6 is 0 Å². The molecule has 17 heavy (non-hydrogen) atoms. The minimum absolute atomic E-state index is 0.198. The molecule has 5 nitrogen and oxygen atoms in total. The van der Waals surface area contributed by atoms with E-state index in [-0.39, 0.29) is 5.75 Å². The number of halogens is 1. The summed E-state index contributed by atoms with van der Waals surface area (Å²) in [5.41, 5.74) is 2.97. The van der Waals surface area contributed by atoms with Crippen molar-refractivity contribution in [2.24, 2.45) is 10.8 Å². The lowest BCUT2D eigenvalue weighted by Gasteiger charge is -2.10. The van der Waals surface area contributed by atoms with Crippen molar-refractivity contribution >= 4 is 11.6 Å². The van der Waals surface area contributed by atoms with Crippen LogP contribution in [0.3, 0.4) is 0 Å². The summed E-state index contributed by atoms with van der Waals surface area (Å²) < 4.78 is 18.2. The lowest BCUT2D eigenvalue weighted by molar-refractivity contribution is 0.386. The van der Waals surface area contributed by atoms with Crippen molar-refractivity contribution in [1.82, 2.24) is 5.43 Å². The fourth-order valence-electron chi connectivity index (χ4n) is 1.23. The van der Waals surface area contributed by atoms with Gasteiger partial charge in [0.15, 0.2) is 11.6 Å². The molecule has 1 aromatic carbocycles. The number of ether oxygens (including phenoxy) is 1. The van der Waals surface area contributed by atoms with Gasteiger partial charge in [-0.05, 0) is 18.6 Å². The smallest absolute Gasteiger partial charge is 0.210 e. The molecule has 0 heterocycles. The maximum Gasteiger partial charge on any atom is 0.210 e. The van der Waals surface area contributed by atoms with Crippen molar-refractivity contribution in [2.45, 2.75) is 13.3 Å². The van der Waals surface area contributed by atoms with Crippen LogP contribution in [-0.2, 0) is 0 Å². The highest BCUT2D eigenvalue weighted by molar-refractivity contribution is 5.93. The molecule has 0 unspecified atom stereocenters. The molecule has 0 saturated heterocycles. The Kier molecular flexibility index (Phi) is 5.22. The number of guanidine groups is 1. The molecule has 0 aromatic heterocycles. The van der Waals surface area contributed by atoms with Crippen LogP contribution in [0.2, 0.25) is 0 Å². The number of hydrogen-bond acceptors (Lipinski definition) is 3. The highest BCUT2D eigenvalue weighted by Gasteiger charge is 2.04. The van der Waals surface area contributed by atoms with Gasteiger partial charge < -0.3 is 10.1 Å². The first kappa shape index (κ1) is 13.2. The maximum atomic E-state index is 13.4. The number of nitrogens with one attached hydrogen (secondary N) is 2. The second-order valence-corrected chi connectivity index (χ2v) is 3.35. The standard InChI is InChI=1S/C11H17FN4O/c1-3-6-14-11(16-13)15-8-4-5-10(17-2)9(12)7-8/h4-5,7H,3,6,13H2,1-2H3,(H2,14,15,16). The monoisotopic (exact) mass is 240 g/mol. The summed E-state index contributed by atoms with van der Waals surface area (Å²) in [6.07, 6.45) is 0.907. The van der Waals surface area contributed by atoms with Gasteiger partial charge in [-0.25, -0.2) is 10.2 Å². The Morgan fingerprint density at radius 1 is 1.53 bits per heavy atom. The van der Waals surface area contributed by atoms with Crippen molar-refractivity contribution in [3.05, 3.63) is 24.0 Å². The van der Waals surface area contributed by atoms with Crippen molar-refractivity contribution in [2.75, 3.05) is 19.0 Å². The van der Waals surface area contributed by atoms with E-state index in [0.717, 1.165) is 6.42 Å². The van der Waals surface area contributed by atoms with Crippen LogP contribution in [-0.4, -0.2) is 19.6 Å². The van der Waals surface area contributed by atoms with Gasteiger partial charge in [-0.15, -0.1) is 0 Å². The van der Waals surface area contributed by atoms with E-state index in [1.807, 2.05) is 6.92 Å². The molecular formula is C11H17FN4O. The Balaban J connectivity index is 2.76. The molecule has 0 aliphatic carbocycles. The second kappa shape index (κ2) is 6.70. The quantitative estimate of drug-likeness (QED) is 0.322. The molecule has 0 amide bonds.